The predicted molar refractivity (Wildman–Crippen MR) is 137 cm³/mol. The van der Waals surface area contributed by atoms with E-state index in [2.05, 4.69) is 6.58 Å². The second kappa shape index (κ2) is 9.68. The SMILES string of the molecule is C=CCn1c(SC2CCCCN(C(=O)c3ccc(Cl)cc3)C2=O)nc2sc3c(c2c1=O)CCC3. The number of thiophene rings is 1. The van der Waals surface area contributed by atoms with Gasteiger partial charge in [-0.05, 0) is 61.9 Å². The van der Waals surface area contributed by atoms with E-state index in [0.29, 0.717) is 35.3 Å². The number of rotatable bonds is 5. The average molecular weight is 514 g/mol. The van der Waals surface area contributed by atoms with E-state index < -0.39 is 5.25 Å². The lowest BCUT2D eigenvalue weighted by atomic mass is 10.2. The Morgan fingerprint density at radius 1 is 1.21 bits per heavy atom. The molecule has 2 amide bonds. The molecule has 1 unspecified atom stereocenters. The molecule has 34 heavy (non-hydrogen) atoms. The number of benzene rings is 1. The number of carbonyl (C=O) groups excluding carboxylic acids is 2. The lowest BCUT2D eigenvalue weighted by Gasteiger charge is -2.23. The van der Waals surface area contributed by atoms with E-state index in [1.165, 1.54) is 21.5 Å². The highest BCUT2D eigenvalue weighted by Gasteiger charge is 2.34. The van der Waals surface area contributed by atoms with Crippen molar-refractivity contribution >= 4 is 56.7 Å². The summed E-state index contributed by atoms with van der Waals surface area (Å²) in [6.07, 6.45) is 6.83. The minimum Gasteiger partial charge on any atom is -0.283 e. The molecule has 6 nitrogen and oxygen atoms in total. The maximum absolute atomic E-state index is 13.5. The van der Waals surface area contributed by atoms with Crippen LogP contribution in [0, 0.1) is 0 Å². The normalized spacial score (nSPS) is 18.2. The van der Waals surface area contributed by atoms with E-state index in [9.17, 15) is 14.4 Å². The highest BCUT2D eigenvalue weighted by molar-refractivity contribution is 8.00. The van der Waals surface area contributed by atoms with Gasteiger partial charge >= 0.3 is 0 Å². The molecule has 2 aromatic heterocycles. The Morgan fingerprint density at radius 2 is 2.00 bits per heavy atom. The van der Waals surface area contributed by atoms with Gasteiger partial charge in [-0.25, -0.2) is 4.98 Å². The van der Waals surface area contributed by atoms with Crippen molar-refractivity contribution in [2.45, 2.75) is 55.5 Å². The van der Waals surface area contributed by atoms with E-state index in [4.69, 9.17) is 16.6 Å². The smallest absolute Gasteiger partial charge is 0.263 e. The first kappa shape index (κ1) is 23.3. The molecule has 0 spiro atoms. The van der Waals surface area contributed by atoms with Gasteiger partial charge in [0.15, 0.2) is 5.16 Å². The molecule has 1 aliphatic carbocycles. The number of hydrogen-bond acceptors (Lipinski definition) is 6. The van der Waals surface area contributed by atoms with Crippen molar-refractivity contribution in [1.29, 1.82) is 0 Å². The van der Waals surface area contributed by atoms with Crippen LogP contribution in [-0.4, -0.2) is 38.1 Å². The number of halogens is 1. The van der Waals surface area contributed by atoms with Gasteiger partial charge in [0.25, 0.3) is 11.5 Å². The van der Waals surface area contributed by atoms with Crippen molar-refractivity contribution < 1.29 is 9.59 Å². The van der Waals surface area contributed by atoms with Crippen molar-refractivity contribution in [3.05, 3.63) is 68.3 Å². The van der Waals surface area contributed by atoms with Gasteiger partial charge < -0.3 is 0 Å². The number of aromatic nitrogens is 2. The van der Waals surface area contributed by atoms with Gasteiger partial charge in [0, 0.05) is 28.6 Å². The third-order valence-electron chi connectivity index (χ3n) is 6.32. The Balaban J connectivity index is 1.48. The number of allylic oxidation sites excluding steroid dienone is 1. The molecule has 0 radical (unpaired) electrons. The average Bonchev–Trinajstić information content (AvgIpc) is 3.36. The summed E-state index contributed by atoms with van der Waals surface area (Å²) in [6.45, 7) is 4.51. The molecule has 1 atom stereocenters. The quantitative estimate of drug-likeness (QED) is 0.269. The molecule has 0 saturated carbocycles. The molecule has 3 aromatic rings. The molecule has 2 aliphatic rings. The van der Waals surface area contributed by atoms with Crippen LogP contribution in [0.25, 0.3) is 10.2 Å². The predicted octanol–water partition coefficient (Wildman–Crippen LogP) is 5.10. The topological polar surface area (TPSA) is 72.3 Å². The molecule has 1 saturated heterocycles. The third kappa shape index (κ3) is 4.23. The summed E-state index contributed by atoms with van der Waals surface area (Å²) < 4.78 is 1.62. The van der Waals surface area contributed by atoms with E-state index >= 15 is 0 Å². The summed E-state index contributed by atoms with van der Waals surface area (Å²) in [6, 6.07) is 6.57. The van der Waals surface area contributed by atoms with Crippen LogP contribution in [0.2, 0.25) is 5.02 Å². The van der Waals surface area contributed by atoms with Crippen LogP contribution < -0.4 is 5.56 Å². The fourth-order valence-electron chi connectivity index (χ4n) is 4.63. The number of fused-ring (bicyclic) bond motifs is 3. The summed E-state index contributed by atoms with van der Waals surface area (Å²) in [5.74, 6) is -0.564. The van der Waals surface area contributed by atoms with Crippen molar-refractivity contribution in [2.75, 3.05) is 6.54 Å². The van der Waals surface area contributed by atoms with Crippen LogP contribution in [-0.2, 0) is 24.2 Å². The Labute approximate surface area is 210 Å². The highest BCUT2D eigenvalue weighted by Crippen LogP contribution is 2.37. The second-order valence-corrected chi connectivity index (χ2v) is 11.2. The van der Waals surface area contributed by atoms with Gasteiger partial charge in [-0.3, -0.25) is 23.9 Å². The van der Waals surface area contributed by atoms with E-state index in [-0.39, 0.29) is 17.4 Å². The molecule has 9 heteroatoms. The number of imide groups is 1. The van der Waals surface area contributed by atoms with Crippen LogP contribution in [0.3, 0.4) is 0 Å². The first-order chi connectivity index (χ1) is 16.5. The van der Waals surface area contributed by atoms with Crippen LogP contribution in [0.1, 0.15) is 46.5 Å². The largest absolute Gasteiger partial charge is 0.283 e. The molecule has 1 aromatic carbocycles. The monoisotopic (exact) mass is 513 g/mol. The molecule has 1 fully saturated rings. The van der Waals surface area contributed by atoms with Crippen LogP contribution >= 0.6 is 34.7 Å². The fraction of sp³-hybridized carbons (Fsp3) is 0.360. The highest BCUT2D eigenvalue weighted by atomic mass is 35.5. The summed E-state index contributed by atoms with van der Waals surface area (Å²) >= 11 is 8.83. The number of aryl methyl sites for hydroxylation is 2. The number of carbonyl (C=O) groups is 2. The zero-order valence-electron chi connectivity index (χ0n) is 18.6. The summed E-state index contributed by atoms with van der Waals surface area (Å²) in [5.41, 5.74) is 1.50. The molecule has 0 N–H and O–H groups in total. The number of thioether (sulfide) groups is 1. The van der Waals surface area contributed by atoms with Crippen LogP contribution in [0.4, 0.5) is 0 Å². The molecule has 5 rings (SSSR count). The maximum atomic E-state index is 13.5. The van der Waals surface area contributed by atoms with Crippen molar-refractivity contribution in [3.8, 4) is 0 Å². The molecule has 1 aliphatic heterocycles. The van der Waals surface area contributed by atoms with Gasteiger partial charge in [-0.1, -0.05) is 35.9 Å². The van der Waals surface area contributed by atoms with Crippen LogP contribution in [0.5, 0.6) is 0 Å². The lowest BCUT2D eigenvalue weighted by Crippen LogP contribution is -2.41. The molecule has 0 bridgehead atoms. The number of hydrogen-bond donors (Lipinski definition) is 0. The van der Waals surface area contributed by atoms with E-state index in [1.54, 1.807) is 46.2 Å². The number of nitrogens with zero attached hydrogens (tertiary/aromatic N) is 3. The van der Waals surface area contributed by atoms with Crippen LogP contribution in [0.15, 0.2) is 46.9 Å². The summed E-state index contributed by atoms with van der Waals surface area (Å²) in [7, 11) is 0. The van der Waals surface area contributed by atoms with Gasteiger partial charge in [0.2, 0.25) is 5.91 Å². The van der Waals surface area contributed by atoms with Gasteiger partial charge in [-0.2, -0.15) is 0 Å². The zero-order chi connectivity index (χ0) is 23.8. The maximum Gasteiger partial charge on any atom is 0.263 e. The fourth-order valence-corrected chi connectivity index (χ4v) is 7.26. The van der Waals surface area contributed by atoms with Crippen molar-refractivity contribution in [3.63, 3.8) is 0 Å². The van der Waals surface area contributed by atoms with Gasteiger partial charge in [-0.15, -0.1) is 17.9 Å². The lowest BCUT2D eigenvalue weighted by molar-refractivity contribution is -0.127. The second-order valence-electron chi connectivity index (χ2n) is 8.54. The number of amides is 2. The minimum atomic E-state index is -0.494. The summed E-state index contributed by atoms with van der Waals surface area (Å²) in [5, 5.41) is 1.27. The van der Waals surface area contributed by atoms with E-state index in [0.717, 1.165) is 47.9 Å². The molecular formula is C25H24ClN3O3S2. The molecule has 176 valence electrons. The number of likely N-dealkylation sites (tertiary alicyclic amines) is 1. The minimum absolute atomic E-state index is 0.0676. The van der Waals surface area contributed by atoms with Crippen molar-refractivity contribution in [2.24, 2.45) is 0 Å². The summed E-state index contributed by atoms with van der Waals surface area (Å²) in [4.78, 5) is 48.2. The first-order valence-corrected chi connectivity index (χ1v) is 13.5. The standard InChI is InChI=1S/C25H24ClN3O3S2/c1-2-13-29-24(32)20-17-6-5-8-18(17)33-21(20)27-25(29)34-19-7-3-4-14-28(23(19)31)22(30)15-9-11-16(26)12-10-15/h2,9-12,19H,1,3-8,13-14H2. The van der Waals surface area contributed by atoms with E-state index in [1.807, 2.05) is 0 Å². The molecule has 3 heterocycles. The Morgan fingerprint density at radius 3 is 2.76 bits per heavy atom. The van der Waals surface area contributed by atoms with Crippen molar-refractivity contribution in [1.82, 2.24) is 14.5 Å². The zero-order valence-corrected chi connectivity index (χ0v) is 21.0. The first-order valence-electron chi connectivity index (χ1n) is 11.4. The van der Waals surface area contributed by atoms with Gasteiger partial charge in [0.05, 0.1) is 10.6 Å². The Bertz CT molecular complexity index is 1350. The third-order valence-corrected chi connectivity index (χ3v) is 9.01. The molecular weight excluding hydrogens is 490 g/mol. The Kier molecular flexibility index (Phi) is 6.64. The Hall–Kier alpha value is -2.42. The van der Waals surface area contributed by atoms with Gasteiger partial charge in [0.1, 0.15) is 4.83 Å².